The number of carbonyl (C=O) groups is 1. The van der Waals surface area contributed by atoms with Crippen LogP contribution in [0.1, 0.15) is 32.4 Å². The van der Waals surface area contributed by atoms with Gasteiger partial charge in [-0.2, -0.15) is 0 Å². The molecule has 0 fully saturated rings. The Hall–Kier alpha value is -2.15. The second-order valence-electron chi connectivity index (χ2n) is 5.63. The second-order valence-corrected chi connectivity index (χ2v) is 5.63. The van der Waals surface area contributed by atoms with E-state index in [1.54, 1.807) is 42.7 Å². The number of carbonyl (C=O) groups excluding carboxylic acids is 1. The summed E-state index contributed by atoms with van der Waals surface area (Å²) in [5.41, 5.74) is 3.87. The molecular weight excluding hydrogens is 310 g/mol. The van der Waals surface area contributed by atoms with Gasteiger partial charge >= 0.3 is 0 Å². The van der Waals surface area contributed by atoms with Gasteiger partial charge in [-0.05, 0) is 37.1 Å². The van der Waals surface area contributed by atoms with E-state index < -0.39 is 12.0 Å². The second kappa shape index (κ2) is 9.87. The molecule has 4 N–H and O–H groups in total. The summed E-state index contributed by atoms with van der Waals surface area (Å²) in [5.74, 6) is -0.119. The lowest BCUT2D eigenvalue weighted by atomic mass is 9.90. The van der Waals surface area contributed by atoms with E-state index >= 15 is 0 Å². The maximum Gasteiger partial charge on any atom is 0.267 e. The number of amides is 1. The number of hydrogen-bond donors (Lipinski definition) is 4. The number of nitrogens with one attached hydrogen (secondary N) is 1. The highest BCUT2D eigenvalue weighted by Crippen LogP contribution is 2.29. The Morgan fingerprint density at radius 2 is 1.88 bits per heavy atom. The molecule has 132 valence electrons. The van der Waals surface area contributed by atoms with Crippen LogP contribution in [0.5, 0.6) is 5.75 Å². The molecule has 0 aliphatic carbocycles. The zero-order valence-corrected chi connectivity index (χ0v) is 14.2. The maximum absolute atomic E-state index is 11.1. The molecule has 1 aromatic rings. The van der Waals surface area contributed by atoms with Crippen LogP contribution in [0.15, 0.2) is 47.6 Å². The predicted octanol–water partition coefficient (Wildman–Crippen LogP) is 2.13. The first-order valence-corrected chi connectivity index (χ1v) is 7.71. The lowest BCUT2D eigenvalue weighted by Gasteiger charge is -2.20. The Labute approximate surface area is 142 Å². The van der Waals surface area contributed by atoms with Crippen molar-refractivity contribution in [1.82, 2.24) is 5.48 Å². The molecule has 0 aliphatic rings. The van der Waals surface area contributed by atoms with Crippen LogP contribution in [0.3, 0.4) is 0 Å². The Morgan fingerprint density at radius 1 is 1.25 bits per heavy atom. The number of hydrogen-bond acceptors (Lipinski definition) is 5. The molecule has 2 atom stereocenters. The summed E-state index contributed by atoms with van der Waals surface area (Å²) in [6.07, 6.45) is 2.37. The van der Waals surface area contributed by atoms with E-state index in [4.69, 9.17) is 15.1 Å². The van der Waals surface area contributed by atoms with E-state index in [9.17, 15) is 9.90 Å². The lowest BCUT2D eigenvalue weighted by Crippen LogP contribution is -2.15. The van der Waals surface area contributed by atoms with Crippen LogP contribution in [0.25, 0.3) is 0 Å². The first-order chi connectivity index (χ1) is 11.4. The zero-order chi connectivity index (χ0) is 18.1. The number of aliphatic hydroxyl groups is 2. The van der Waals surface area contributed by atoms with Crippen molar-refractivity contribution in [3.05, 3.63) is 53.1 Å². The molecule has 0 aliphatic heterocycles. The Bertz CT molecular complexity index is 592. The van der Waals surface area contributed by atoms with Crippen molar-refractivity contribution in [2.24, 2.45) is 5.92 Å². The summed E-state index contributed by atoms with van der Waals surface area (Å²) in [5, 5.41) is 27.8. The molecule has 0 bridgehead atoms. The lowest BCUT2D eigenvalue weighted by molar-refractivity contribution is -0.124. The monoisotopic (exact) mass is 335 g/mol. The molecule has 0 saturated heterocycles. The van der Waals surface area contributed by atoms with Crippen molar-refractivity contribution in [3.8, 4) is 5.75 Å². The first-order valence-electron chi connectivity index (χ1n) is 7.71. The van der Waals surface area contributed by atoms with Gasteiger partial charge in [0.05, 0.1) is 12.7 Å². The summed E-state index contributed by atoms with van der Waals surface area (Å²) < 4.78 is 5.29. The van der Waals surface area contributed by atoms with Crippen LogP contribution in [0, 0.1) is 5.92 Å². The molecule has 0 saturated carbocycles. The van der Waals surface area contributed by atoms with Crippen LogP contribution in [-0.2, 0) is 4.79 Å². The molecule has 24 heavy (non-hydrogen) atoms. The van der Waals surface area contributed by atoms with Crippen molar-refractivity contribution in [1.29, 1.82) is 0 Å². The third kappa shape index (κ3) is 6.16. The number of aliphatic hydroxyl groups excluding tert-OH is 2. The maximum atomic E-state index is 11.1. The molecule has 1 aromatic carbocycles. The summed E-state index contributed by atoms with van der Waals surface area (Å²) >= 11 is 0. The van der Waals surface area contributed by atoms with Crippen molar-refractivity contribution < 1.29 is 25.0 Å². The van der Waals surface area contributed by atoms with Crippen molar-refractivity contribution >= 4 is 5.91 Å². The molecule has 6 heteroatoms. The van der Waals surface area contributed by atoms with Crippen LogP contribution in [0.4, 0.5) is 0 Å². The fourth-order valence-electron chi connectivity index (χ4n) is 2.23. The minimum absolute atomic E-state index is 0.0490. The summed E-state index contributed by atoms with van der Waals surface area (Å²) in [4.78, 5) is 11.1. The molecule has 0 heterocycles. The van der Waals surface area contributed by atoms with Gasteiger partial charge in [-0.25, -0.2) is 5.48 Å². The fraction of sp³-hybridized carbons (Fsp3) is 0.389. The van der Waals surface area contributed by atoms with E-state index in [0.717, 1.165) is 11.1 Å². The van der Waals surface area contributed by atoms with E-state index in [1.807, 2.05) is 13.8 Å². The van der Waals surface area contributed by atoms with E-state index in [1.165, 1.54) is 6.08 Å². The quantitative estimate of drug-likeness (QED) is 0.252. The largest absolute Gasteiger partial charge is 0.491 e. The summed E-state index contributed by atoms with van der Waals surface area (Å²) in [7, 11) is 0. The van der Waals surface area contributed by atoms with E-state index in [2.05, 4.69) is 0 Å². The summed E-state index contributed by atoms with van der Waals surface area (Å²) in [6.45, 7) is 5.69. The number of benzene rings is 1. The van der Waals surface area contributed by atoms with E-state index in [-0.39, 0.29) is 19.1 Å². The Kier molecular flexibility index (Phi) is 8.18. The molecular formula is C18H25NO5. The van der Waals surface area contributed by atoms with Gasteiger partial charge in [0.2, 0.25) is 0 Å². The van der Waals surface area contributed by atoms with Gasteiger partial charge in [0.1, 0.15) is 12.4 Å². The molecule has 1 rings (SSSR count). The SMILES string of the molecule is CC(=C\C(=O)NO)/C=C(\C)[C@@H](C)[C@@H](O)c1ccc(OCCO)cc1. The Balaban J connectivity index is 2.80. The Morgan fingerprint density at radius 3 is 2.42 bits per heavy atom. The molecule has 6 nitrogen and oxygen atoms in total. The molecule has 1 amide bonds. The van der Waals surface area contributed by atoms with Crippen LogP contribution in [-0.4, -0.2) is 34.5 Å². The third-order valence-electron chi connectivity index (χ3n) is 3.70. The topological polar surface area (TPSA) is 99.0 Å². The highest BCUT2D eigenvalue weighted by molar-refractivity contribution is 5.87. The minimum atomic E-state index is -0.701. The van der Waals surface area contributed by atoms with Gasteiger partial charge < -0.3 is 14.9 Å². The molecule has 0 unspecified atom stereocenters. The van der Waals surface area contributed by atoms with Gasteiger partial charge in [-0.1, -0.05) is 30.7 Å². The van der Waals surface area contributed by atoms with Gasteiger partial charge in [0.25, 0.3) is 5.91 Å². The average molecular weight is 335 g/mol. The average Bonchev–Trinajstić information content (AvgIpc) is 2.58. The standard InChI is InChI=1S/C18H25NO5/c1-12(11-17(21)19-23)10-13(2)14(3)18(22)15-4-6-16(7-5-15)24-9-8-20/h4-7,10-11,14,18,20,22-23H,8-9H2,1-3H3,(H,19,21)/b12-11+,13-10+/t14-,18-/m1/s1. The molecule has 0 aromatic heterocycles. The van der Waals surface area contributed by atoms with Gasteiger partial charge in [-0.15, -0.1) is 0 Å². The highest BCUT2D eigenvalue weighted by atomic mass is 16.5. The van der Waals surface area contributed by atoms with Crippen LogP contribution < -0.4 is 10.2 Å². The van der Waals surface area contributed by atoms with Crippen LogP contribution in [0.2, 0.25) is 0 Å². The number of rotatable bonds is 8. The van der Waals surface area contributed by atoms with Crippen LogP contribution >= 0.6 is 0 Å². The fourth-order valence-corrected chi connectivity index (χ4v) is 2.23. The van der Waals surface area contributed by atoms with E-state index in [0.29, 0.717) is 11.3 Å². The van der Waals surface area contributed by atoms with Crippen molar-refractivity contribution in [2.45, 2.75) is 26.9 Å². The first kappa shape index (κ1) is 19.9. The zero-order valence-electron chi connectivity index (χ0n) is 14.2. The summed E-state index contributed by atoms with van der Waals surface area (Å²) in [6, 6.07) is 7.06. The molecule has 0 radical (unpaired) electrons. The minimum Gasteiger partial charge on any atom is -0.491 e. The van der Waals surface area contributed by atoms with Gasteiger partial charge in [0.15, 0.2) is 0 Å². The number of allylic oxidation sites excluding steroid dienone is 2. The number of hydroxylamine groups is 1. The van der Waals surface area contributed by atoms with Gasteiger partial charge in [0, 0.05) is 12.0 Å². The van der Waals surface area contributed by atoms with Gasteiger partial charge in [-0.3, -0.25) is 10.0 Å². The normalized spacial score (nSPS) is 14.9. The van der Waals surface area contributed by atoms with Crippen molar-refractivity contribution in [3.63, 3.8) is 0 Å². The number of ether oxygens (including phenoxy) is 1. The molecule has 0 spiro atoms. The smallest absolute Gasteiger partial charge is 0.267 e. The predicted molar refractivity (Wildman–Crippen MR) is 90.6 cm³/mol. The van der Waals surface area contributed by atoms with Crippen molar-refractivity contribution in [2.75, 3.05) is 13.2 Å². The third-order valence-corrected chi connectivity index (χ3v) is 3.70. The highest BCUT2D eigenvalue weighted by Gasteiger charge is 2.18.